The van der Waals surface area contributed by atoms with Crippen LogP contribution in [0.1, 0.15) is 49.9 Å². The van der Waals surface area contributed by atoms with Crippen LogP contribution in [0.15, 0.2) is 18.3 Å². The van der Waals surface area contributed by atoms with Crippen molar-refractivity contribution in [1.29, 1.82) is 0 Å². The van der Waals surface area contributed by atoms with Crippen LogP contribution in [-0.2, 0) is 4.74 Å². The van der Waals surface area contributed by atoms with E-state index in [2.05, 4.69) is 41.0 Å². The van der Waals surface area contributed by atoms with Crippen LogP contribution < -0.4 is 10.2 Å². The van der Waals surface area contributed by atoms with Gasteiger partial charge in [0, 0.05) is 31.9 Å². The molecule has 6 heteroatoms. The SMILES string of the molecule is CN1CCCC[C@H]1CCNC(=O)c1ccc(N2CCOC(C)(C)C2)nc1. The summed E-state index contributed by atoms with van der Waals surface area (Å²) in [4.78, 5) is 21.5. The maximum absolute atomic E-state index is 12.4. The van der Waals surface area contributed by atoms with Crippen molar-refractivity contribution >= 4 is 11.7 Å². The highest BCUT2D eigenvalue weighted by Crippen LogP contribution is 2.21. The van der Waals surface area contributed by atoms with E-state index in [1.54, 1.807) is 6.20 Å². The van der Waals surface area contributed by atoms with Crippen molar-refractivity contribution in [2.24, 2.45) is 0 Å². The number of anilines is 1. The molecule has 2 aliphatic heterocycles. The monoisotopic (exact) mass is 360 g/mol. The van der Waals surface area contributed by atoms with Gasteiger partial charge in [0.15, 0.2) is 0 Å². The van der Waals surface area contributed by atoms with Crippen LogP contribution in [0, 0.1) is 0 Å². The van der Waals surface area contributed by atoms with Crippen LogP contribution in [-0.4, -0.2) is 67.3 Å². The second-order valence-corrected chi connectivity index (χ2v) is 8.11. The Morgan fingerprint density at radius 2 is 2.19 bits per heavy atom. The highest BCUT2D eigenvalue weighted by Gasteiger charge is 2.28. The fourth-order valence-corrected chi connectivity index (χ4v) is 3.88. The zero-order valence-corrected chi connectivity index (χ0v) is 16.3. The van der Waals surface area contributed by atoms with E-state index in [4.69, 9.17) is 4.74 Å². The maximum atomic E-state index is 12.4. The molecule has 0 unspecified atom stereocenters. The first kappa shape index (κ1) is 19.1. The van der Waals surface area contributed by atoms with Gasteiger partial charge >= 0.3 is 0 Å². The van der Waals surface area contributed by atoms with Crippen molar-refractivity contribution in [3.05, 3.63) is 23.9 Å². The van der Waals surface area contributed by atoms with E-state index >= 15 is 0 Å². The summed E-state index contributed by atoms with van der Waals surface area (Å²) in [5.74, 6) is 0.867. The van der Waals surface area contributed by atoms with E-state index in [9.17, 15) is 4.79 Å². The smallest absolute Gasteiger partial charge is 0.252 e. The number of aromatic nitrogens is 1. The van der Waals surface area contributed by atoms with Gasteiger partial charge in [-0.1, -0.05) is 6.42 Å². The largest absolute Gasteiger partial charge is 0.372 e. The summed E-state index contributed by atoms with van der Waals surface area (Å²) < 4.78 is 5.74. The molecule has 3 rings (SSSR count). The number of likely N-dealkylation sites (tertiary alicyclic amines) is 1. The van der Waals surface area contributed by atoms with E-state index in [0.29, 0.717) is 24.8 Å². The van der Waals surface area contributed by atoms with Crippen LogP contribution >= 0.6 is 0 Å². The number of nitrogens with zero attached hydrogens (tertiary/aromatic N) is 3. The molecule has 1 aromatic heterocycles. The van der Waals surface area contributed by atoms with Gasteiger partial charge < -0.3 is 19.9 Å². The number of rotatable bonds is 5. The summed E-state index contributed by atoms with van der Waals surface area (Å²) in [6.07, 6.45) is 6.51. The minimum absolute atomic E-state index is 0.0372. The summed E-state index contributed by atoms with van der Waals surface area (Å²) in [6.45, 7) is 8.40. The molecule has 1 N–H and O–H groups in total. The van der Waals surface area contributed by atoms with Gasteiger partial charge in [-0.15, -0.1) is 0 Å². The zero-order chi connectivity index (χ0) is 18.6. The summed E-state index contributed by atoms with van der Waals surface area (Å²) in [5, 5.41) is 3.04. The molecular weight excluding hydrogens is 328 g/mol. The molecule has 0 aromatic carbocycles. The van der Waals surface area contributed by atoms with Crippen molar-refractivity contribution in [3.63, 3.8) is 0 Å². The molecule has 1 atom stereocenters. The Kier molecular flexibility index (Phi) is 6.14. The van der Waals surface area contributed by atoms with Crippen molar-refractivity contribution in [2.45, 2.75) is 51.2 Å². The number of pyridine rings is 1. The quantitative estimate of drug-likeness (QED) is 0.873. The second kappa shape index (κ2) is 8.35. The molecule has 0 saturated carbocycles. The lowest BCUT2D eigenvalue weighted by molar-refractivity contribution is -0.0279. The van der Waals surface area contributed by atoms with Crippen molar-refractivity contribution in [3.8, 4) is 0 Å². The van der Waals surface area contributed by atoms with Crippen LogP contribution in [0.4, 0.5) is 5.82 Å². The van der Waals surface area contributed by atoms with Gasteiger partial charge in [-0.25, -0.2) is 4.98 Å². The average molecular weight is 361 g/mol. The van der Waals surface area contributed by atoms with E-state index in [-0.39, 0.29) is 11.5 Å². The predicted molar refractivity (Wildman–Crippen MR) is 104 cm³/mol. The normalized spacial score (nSPS) is 23.7. The Morgan fingerprint density at radius 3 is 2.88 bits per heavy atom. The Balaban J connectivity index is 1.49. The summed E-state index contributed by atoms with van der Waals surface area (Å²) in [6, 6.07) is 4.40. The van der Waals surface area contributed by atoms with Gasteiger partial charge in [-0.2, -0.15) is 0 Å². The van der Waals surface area contributed by atoms with Gasteiger partial charge in [-0.3, -0.25) is 4.79 Å². The third-order valence-electron chi connectivity index (χ3n) is 5.44. The molecule has 1 aromatic rings. The number of nitrogens with one attached hydrogen (secondary N) is 1. The molecular formula is C20H32N4O2. The number of carbonyl (C=O) groups excluding carboxylic acids is 1. The Labute approximate surface area is 156 Å². The van der Waals surface area contributed by atoms with Crippen LogP contribution in [0.25, 0.3) is 0 Å². The topological polar surface area (TPSA) is 57.7 Å². The maximum Gasteiger partial charge on any atom is 0.252 e. The number of hydrogen-bond acceptors (Lipinski definition) is 5. The molecule has 0 aliphatic carbocycles. The standard InChI is InChI=1S/C20H32N4O2/c1-20(2)15-24(12-13-26-20)18-8-7-16(14-22-18)19(25)21-10-9-17-6-4-5-11-23(17)3/h7-8,14,17H,4-6,9-13,15H2,1-3H3,(H,21,25)/t17-/m0/s1. The predicted octanol–water partition coefficient (Wildman–Crippen LogP) is 2.30. The molecule has 144 valence electrons. The zero-order valence-electron chi connectivity index (χ0n) is 16.3. The molecule has 6 nitrogen and oxygen atoms in total. The van der Waals surface area contributed by atoms with E-state index in [1.807, 2.05) is 12.1 Å². The molecule has 0 spiro atoms. The fourth-order valence-electron chi connectivity index (χ4n) is 3.88. The summed E-state index contributed by atoms with van der Waals surface area (Å²) in [5.41, 5.74) is 0.459. The van der Waals surface area contributed by atoms with Gasteiger partial charge in [0.1, 0.15) is 5.82 Å². The van der Waals surface area contributed by atoms with Gasteiger partial charge in [0.05, 0.1) is 17.8 Å². The first-order valence-corrected chi connectivity index (χ1v) is 9.78. The third kappa shape index (κ3) is 4.95. The fraction of sp³-hybridized carbons (Fsp3) is 0.700. The number of carbonyl (C=O) groups is 1. The van der Waals surface area contributed by atoms with Crippen LogP contribution in [0.5, 0.6) is 0 Å². The van der Waals surface area contributed by atoms with Crippen molar-refractivity contribution < 1.29 is 9.53 Å². The first-order valence-electron chi connectivity index (χ1n) is 9.78. The second-order valence-electron chi connectivity index (χ2n) is 8.11. The Morgan fingerprint density at radius 1 is 1.35 bits per heavy atom. The van der Waals surface area contributed by atoms with Gasteiger partial charge in [0.25, 0.3) is 5.91 Å². The molecule has 2 fully saturated rings. The lowest BCUT2D eigenvalue weighted by atomic mass is 10.0. The molecule has 0 radical (unpaired) electrons. The van der Waals surface area contributed by atoms with E-state index in [0.717, 1.165) is 25.3 Å². The number of morpholine rings is 1. The molecule has 1 amide bonds. The molecule has 0 bridgehead atoms. The number of piperidine rings is 1. The van der Waals surface area contributed by atoms with Gasteiger partial charge in [0.2, 0.25) is 0 Å². The minimum Gasteiger partial charge on any atom is -0.372 e. The first-order chi connectivity index (χ1) is 12.4. The van der Waals surface area contributed by atoms with E-state index in [1.165, 1.54) is 25.8 Å². The highest BCUT2D eigenvalue weighted by molar-refractivity contribution is 5.94. The molecule has 3 heterocycles. The van der Waals surface area contributed by atoms with Crippen molar-refractivity contribution in [2.75, 3.05) is 44.7 Å². The minimum atomic E-state index is -0.164. The third-order valence-corrected chi connectivity index (χ3v) is 5.44. The molecule has 2 aliphatic rings. The number of amides is 1. The Bertz CT molecular complexity index is 602. The lowest BCUT2D eigenvalue weighted by Crippen LogP contribution is -2.48. The summed E-state index contributed by atoms with van der Waals surface area (Å²) in [7, 11) is 2.18. The van der Waals surface area contributed by atoms with Crippen molar-refractivity contribution in [1.82, 2.24) is 15.2 Å². The van der Waals surface area contributed by atoms with Crippen LogP contribution in [0.2, 0.25) is 0 Å². The van der Waals surface area contributed by atoms with E-state index < -0.39 is 0 Å². The molecule has 26 heavy (non-hydrogen) atoms. The lowest BCUT2D eigenvalue weighted by Gasteiger charge is -2.38. The Hall–Kier alpha value is -1.66. The van der Waals surface area contributed by atoms with Crippen LogP contribution in [0.3, 0.4) is 0 Å². The molecule has 2 saturated heterocycles. The number of ether oxygens (including phenoxy) is 1. The average Bonchev–Trinajstić information content (AvgIpc) is 2.62. The van der Waals surface area contributed by atoms with Gasteiger partial charge in [-0.05, 0) is 58.8 Å². The summed E-state index contributed by atoms with van der Waals surface area (Å²) >= 11 is 0. The highest BCUT2D eigenvalue weighted by atomic mass is 16.5. The number of hydrogen-bond donors (Lipinski definition) is 1.